The summed E-state index contributed by atoms with van der Waals surface area (Å²) in [6.45, 7) is 2.79. The smallest absolute Gasteiger partial charge is 0.315 e. The zero-order chi connectivity index (χ0) is 16.8. The first kappa shape index (κ1) is 17.0. The molecule has 0 saturated carbocycles. The van der Waals surface area contributed by atoms with E-state index >= 15 is 0 Å². The van der Waals surface area contributed by atoms with Crippen LogP contribution in [0.2, 0.25) is 0 Å². The Morgan fingerprint density at radius 1 is 1.61 bits per heavy atom. The summed E-state index contributed by atoms with van der Waals surface area (Å²) < 4.78 is 14.1. The second-order valence-electron chi connectivity index (χ2n) is 5.76. The van der Waals surface area contributed by atoms with Gasteiger partial charge in [0, 0.05) is 19.1 Å². The lowest BCUT2D eigenvalue weighted by Crippen LogP contribution is -2.52. The van der Waals surface area contributed by atoms with Gasteiger partial charge in [-0.1, -0.05) is 0 Å². The summed E-state index contributed by atoms with van der Waals surface area (Å²) in [6, 6.07) is 5.58. The molecule has 0 radical (unpaired) electrons. The number of nitriles is 1. The number of halogens is 1. The number of hydrogen-bond donors (Lipinski definition) is 3. The van der Waals surface area contributed by atoms with E-state index in [0.29, 0.717) is 18.8 Å². The minimum absolute atomic E-state index is 0.0929. The Morgan fingerprint density at radius 2 is 2.39 bits per heavy atom. The second-order valence-corrected chi connectivity index (χ2v) is 5.76. The van der Waals surface area contributed by atoms with Crippen LogP contribution in [0.5, 0.6) is 0 Å². The van der Waals surface area contributed by atoms with Crippen LogP contribution in [0.3, 0.4) is 0 Å². The van der Waals surface area contributed by atoms with Crippen LogP contribution in [0.1, 0.15) is 25.3 Å². The maximum atomic E-state index is 14.1. The van der Waals surface area contributed by atoms with Crippen LogP contribution in [0.4, 0.5) is 14.9 Å². The Labute approximate surface area is 134 Å². The van der Waals surface area contributed by atoms with Crippen molar-refractivity contribution in [2.24, 2.45) is 0 Å². The average Bonchev–Trinajstić information content (AvgIpc) is 2.54. The van der Waals surface area contributed by atoms with Crippen LogP contribution in [0, 0.1) is 17.1 Å². The Kier molecular flexibility index (Phi) is 5.77. The quantitative estimate of drug-likeness (QED) is 0.781. The molecule has 0 aromatic heterocycles. The molecule has 1 saturated heterocycles. The fourth-order valence-electron chi connectivity index (χ4n) is 2.64. The highest BCUT2D eigenvalue weighted by molar-refractivity contribution is 5.74. The molecule has 1 aliphatic rings. The Hall–Kier alpha value is -2.33. The molecule has 0 aliphatic carbocycles. The van der Waals surface area contributed by atoms with Gasteiger partial charge in [0.1, 0.15) is 5.82 Å². The first-order chi connectivity index (χ1) is 11.0. The van der Waals surface area contributed by atoms with Gasteiger partial charge in [-0.3, -0.25) is 0 Å². The molecule has 2 unspecified atom stereocenters. The molecule has 1 aromatic rings. The molecule has 6 nitrogen and oxygen atoms in total. The Morgan fingerprint density at radius 3 is 3.04 bits per heavy atom. The van der Waals surface area contributed by atoms with Gasteiger partial charge in [0.25, 0.3) is 0 Å². The fourth-order valence-corrected chi connectivity index (χ4v) is 2.64. The zero-order valence-corrected chi connectivity index (χ0v) is 13.1. The van der Waals surface area contributed by atoms with Gasteiger partial charge in [0.05, 0.1) is 30.0 Å². The first-order valence-electron chi connectivity index (χ1n) is 7.66. The summed E-state index contributed by atoms with van der Waals surface area (Å²) in [5.41, 5.74) is 0.731. The number of amides is 2. The Balaban J connectivity index is 1.98. The summed E-state index contributed by atoms with van der Waals surface area (Å²) >= 11 is 0. The third-order valence-electron chi connectivity index (χ3n) is 3.83. The molecule has 7 heteroatoms. The van der Waals surface area contributed by atoms with Crippen molar-refractivity contribution in [3.8, 4) is 6.07 Å². The number of benzene rings is 1. The molecular formula is C16H21FN4O2. The van der Waals surface area contributed by atoms with E-state index < -0.39 is 5.82 Å². The van der Waals surface area contributed by atoms with Gasteiger partial charge < -0.3 is 20.6 Å². The topological polar surface area (TPSA) is 88.4 Å². The first-order valence-corrected chi connectivity index (χ1v) is 7.66. The average molecular weight is 320 g/mol. The molecule has 124 valence electrons. The fraction of sp³-hybridized carbons (Fsp3) is 0.500. The summed E-state index contributed by atoms with van der Waals surface area (Å²) in [4.78, 5) is 13.7. The molecule has 1 aliphatic heterocycles. The van der Waals surface area contributed by atoms with Gasteiger partial charge in [-0.15, -0.1) is 0 Å². The van der Waals surface area contributed by atoms with E-state index in [9.17, 15) is 9.18 Å². The van der Waals surface area contributed by atoms with Crippen molar-refractivity contribution in [1.29, 1.82) is 5.26 Å². The molecule has 0 bridgehead atoms. The minimum atomic E-state index is -0.428. The van der Waals surface area contributed by atoms with Crippen molar-refractivity contribution in [2.45, 2.75) is 31.8 Å². The van der Waals surface area contributed by atoms with Crippen molar-refractivity contribution in [3.63, 3.8) is 0 Å². The molecule has 1 heterocycles. The standard InChI is InChI=1S/C16H21FN4O2/c1-11(10-22)19-16(23)20-13-3-2-6-21(9-13)15-5-4-12(8-18)7-14(15)17/h4-5,7,11,13,22H,2-3,6,9-10H2,1H3,(H2,19,20,23). The monoisotopic (exact) mass is 320 g/mol. The summed E-state index contributed by atoms with van der Waals surface area (Å²) in [6.07, 6.45) is 1.65. The van der Waals surface area contributed by atoms with Gasteiger partial charge in [0.15, 0.2) is 0 Å². The van der Waals surface area contributed by atoms with Gasteiger partial charge in [0.2, 0.25) is 0 Å². The van der Waals surface area contributed by atoms with E-state index in [0.717, 1.165) is 12.8 Å². The molecule has 1 fully saturated rings. The van der Waals surface area contributed by atoms with Crippen LogP contribution < -0.4 is 15.5 Å². The van der Waals surface area contributed by atoms with Gasteiger partial charge in [-0.25, -0.2) is 9.18 Å². The van der Waals surface area contributed by atoms with E-state index in [1.807, 2.05) is 11.0 Å². The van der Waals surface area contributed by atoms with Crippen molar-refractivity contribution in [2.75, 3.05) is 24.6 Å². The molecular weight excluding hydrogens is 299 g/mol. The van der Waals surface area contributed by atoms with Gasteiger partial charge >= 0.3 is 6.03 Å². The number of carbonyl (C=O) groups excluding carboxylic acids is 1. The highest BCUT2D eigenvalue weighted by Crippen LogP contribution is 2.24. The van der Waals surface area contributed by atoms with Gasteiger partial charge in [-0.05, 0) is 38.0 Å². The molecule has 3 N–H and O–H groups in total. The van der Waals surface area contributed by atoms with Crippen LogP contribution in [-0.4, -0.2) is 42.9 Å². The maximum absolute atomic E-state index is 14.1. The summed E-state index contributed by atoms with van der Waals surface area (Å²) in [5.74, 6) is -0.428. The number of piperidine rings is 1. The number of urea groups is 1. The van der Waals surface area contributed by atoms with Crippen LogP contribution in [0.25, 0.3) is 0 Å². The third kappa shape index (κ3) is 4.57. The number of aliphatic hydroxyl groups excluding tert-OH is 1. The van der Waals surface area contributed by atoms with E-state index in [2.05, 4.69) is 10.6 Å². The van der Waals surface area contributed by atoms with Crippen molar-refractivity contribution in [3.05, 3.63) is 29.6 Å². The molecule has 2 atom stereocenters. The van der Waals surface area contributed by atoms with Crippen LogP contribution in [0.15, 0.2) is 18.2 Å². The predicted molar refractivity (Wildman–Crippen MR) is 84.6 cm³/mol. The number of nitrogens with one attached hydrogen (secondary N) is 2. The van der Waals surface area contributed by atoms with Crippen LogP contribution in [-0.2, 0) is 0 Å². The number of carbonyl (C=O) groups is 1. The highest BCUT2D eigenvalue weighted by Gasteiger charge is 2.23. The lowest BCUT2D eigenvalue weighted by Gasteiger charge is -2.35. The third-order valence-corrected chi connectivity index (χ3v) is 3.83. The second kappa shape index (κ2) is 7.79. The number of nitrogens with zero attached hydrogens (tertiary/aromatic N) is 2. The Bertz CT molecular complexity index is 602. The van der Waals surface area contributed by atoms with Crippen molar-refractivity contribution in [1.82, 2.24) is 10.6 Å². The largest absolute Gasteiger partial charge is 0.394 e. The highest BCUT2D eigenvalue weighted by atomic mass is 19.1. The molecule has 1 aromatic carbocycles. The number of hydrogen-bond acceptors (Lipinski definition) is 4. The number of rotatable bonds is 4. The molecule has 0 spiro atoms. The molecule has 2 rings (SSSR count). The summed E-state index contributed by atoms with van der Waals surface area (Å²) in [7, 11) is 0. The van der Waals surface area contributed by atoms with Gasteiger partial charge in [-0.2, -0.15) is 5.26 Å². The lowest BCUT2D eigenvalue weighted by atomic mass is 10.0. The predicted octanol–water partition coefficient (Wildman–Crippen LogP) is 1.35. The zero-order valence-electron chi connectivity index (χ0n) is 13.1. The van der Waals surface area contributed by atoms with E-state index in [1.165, 1.54) is 6.07 Å². The lowest BCUT2D eigenvalue weighted by molar-refractivity contribution is 0.216. The van der Waals surface area contributed by atoms with E-state index in [4.69, 9.17) is 10.4 Å². The SMILES string of the molecule is CC(CO)NC(=O)NC1CCCN(c2ccc(C#N)cc2F)C1. The van der Waals surface area contributed by atoms with Crippen molar-refractivity contribution < 1.29 is 14.3 Å². The number of aliphatic hydroxyl groups is 1. The van der Waals surface area contributed by atoms with Crippen LogP contribution >= 0.6 is 0 Å². The molecule has 23 heavy (non-hydrogen) atoms. The summed E-state index contributed by atoms with van der Waals surface area (Å²) in [5, 5.41) is 23.2. The number of anilines is 1. The van der Waals surface area contributed by atoms with Crippen molar-refractivity contribution >= 4 is 11.7 Å². The minimum Gasteiger partial charge on any atom is -0.394 e. The van der Waals surface area contributed by atoms with E-state index in [-0.39, 0.29) is 30.3 Å². The van der Waals surface area contributed by atoms with E-state index in [1.54, 1.807) is 19.1 Å². The normalized spacial score (nSPS) is 18.9. The molecule has 2 amide bonds. The maximum Gasteiger partial charge on any atom is 0.315 e.